The summed E-state index contributed by atoms with van der Waals surface area (Å²) < 4.78 is 17.8. The Morgan fingerprint density at radius 3 is 2.81 bits per heavy atom. The van der Waals surface area contributed by atoms with Crippen molar-refractivity contribution in [2.75, 3.05) is 27.3 Å². The molecule has 0 aromatic heterocycles. The Labute approximate surface area is 99.6 Å². The molecule has 0 aliphatic rings. The van der Waals surface area contributed by atoms with Crippen LogP contribution in [0.3, 0.4) is 0 Å². The molecule has 88 valence electrons. The number of nitrogens with zero attached hydrogens (tertiary/aromatic N) is 1. The number of hydrogen-bond acceptors (Lipinski definition) is 3. The van der Waals surface area contributed by atoms with E-state index in [1.165, 1.54) is 23.1 Å². The largest absolute Gasteiger partial charge is 0.383 e. The summed E-state index contributed by atoms with van der Waals surface area (Å²) in [5, 5.41) is 0. The van der Waals surface area contributed by atoms with Gasteiger partial charge in [0.25, 0.3) is 5.91 Å². The normalized spacial score (nSPS) is 10.2. The Kier molecular flexibility index (Phi) is 4.76. The first-order valence-corrected chi connectivity index (χ1v) is 5.24. The average Bonchev–Trinajstić information content (AvgIpc) is 2.28. The number of hydrogen-bond donors (Lipinski definition) is 1. The van der Waals surface area contributed by atoms with E-state index in [-0.39, 0.29) is 10.8 Å². The van der Waals surface area contributed by atoms with E-state index in [4.69, 9.17) is 4.74 Å². The van der Waals surface area contributed by atoms with Gasteiger partial charge >= 0.3 is 0 Å². The molecule has 0 atom stereocenters. The fraction of sp³-hybridized carbons (Fsp3) is 0.364. The van der Waals surface area contributed by atoms with Crippen molar-refractivity contribution in [2.45, 2.75) is 4.90 Å². The molecule has 0 saturated carbocycles. The smallest absolute Gasteiger partial charge is 0.253 e. The van der Waals surface area contributed by atoms with Crippen molar-refractivity contribution >= 4 is 18.5 Å². The third-order valence-electron chi connectivity index (χ3n) is 2.17. The monoisotopic (exact) mass is 243 g/mol. The lowest BCUT2D eigenvalue weighted by molar-refractivity contribution is 0.0744. The molecule has 1 aromatic carbocycles. The fourth-order valence-corrected chi connectivity index (χ4v) is 1.41. The van der Waals surface area contributed by atoms with Gasteiger partial charge in [0.1, 0.15) is 5.82 Å². The summed E-state index contributed by atoms with van der Waals surface area (Å²) in [5.41, 5.74) is 0.421. The maximum Gasteiger partial charge on any atom is 0.253 e. The molecule has 0 radical (unpaired) electrons. The van der Waals surface area contributed by atoms with Crippen molar-refractivity contribution in [1.29, 1.82) is 0 Å². The number of benzene rings is 1. The number of amides is 1. The topological polar surface area (TPSA) is 29.5 Å². The Morgan fingerprint density at radius 2 is 2.25 bits per heavy atom. The molecule has 0 heterocycles. The second-order valence-electron chi connectivity index (χ2n) is 3.39. The van der Waals surface area contributed by atoms with E-state index in [1.54, 1.807) is 14.2 Å². The number of likely N-dealkylation sites (N-methyl/N-ethyl adjacent to an activating group) is 1. The van der Waals surface area contributed by atoms with E-state index < -0.39 is 5.82 Å². The third kappa shape index (κ3) is 3.21. The van der Waals surface area contributed by atoms with Gasteiger partial charge in [0.2, 0.25) is 0 Å². The van der Waals surface area contributed by atoms with Crippen molar-refractivity contribution in [3.63, 3.8) is 0 Å². The first-order valence-electron chi connectivity index (χ1n) is 4.79. The molecular formula is C11H14FNO2S. The molecule has 5 heteroatoms. The Bertz CT molecular complexity index is 384. The summed E-state index contributed by atoms with van der Waals surface area (Å²) in [6, 6.07) is 4.10. The number of ether oxygens (including phenoxy) is 1. The van der Waals surface area contributed by atoms with Crippen LogP contribution in [0, 0.1) is 5.82 Å². The summed E-state index contributed by atoms with van der Waals surface area (Å²) >= 11 is 3.93. The summed E-state index contributed by atoms with van der Waals surface area (Å²) in [7, 11) is 3.24. The highest BCUT2D eigenvalue weighted by Gasteiger charge is 2.12. The minimum absolute atomic E-state index is 0.172. The van der Waals surface area contributed by atoms with Gasteiger partial charge in [-0.2, -0.15) is 0 Å². The van der Waals surface area contributed by atoms with Gasteiger partial charge in [0.05, 0.1) is 6.61 Å². The van der Waals surface area contributed by atoms with Gasteiger partial charge in [0, 0.05) is 31.2 Å². The van der Waals surface area contributed by atoms with Crippen LogP contribution in [0.15, 0.2) is 23.1 Å². The lowest BCUT2D eigenvalue weighted by Gasteiger charge is -2.16. The minimum Gasteiger partial charge on any atom is -0.383 e. The van der Waals surface area contributed by atoms with Crippen LogP contribution in [0.1, 0.15) is 10.4 Å². The van der Waals surface area contributed by atoms with Crippen LogP contribution >= 0.6 is 12.6 Å². The lowest BCUT2D eigenvalue weighted by atomic mass is 10.2. The standard InChI is InChI=1S/C11H14FNO2S/c1-13(5-6-15-2)11(14)8-3-4-9(12)10(16)7-8/h3-4,7,16H,5-6H2,1-2H3. The summed E-state index contributed by atoms with van der Waals surface area (Å²) in [4.78, 5) is 13.5. The van der Waals surface area contributed by atoms with Gasteiger partial charge in [-0.1, -0.05) is 0 Å². The fourth-order valence-electron chi connectivity index (χ4n) is 1.20. The Hall–Kier alpha value is -1.07. The van der Waals surface area contributed by atoms with Crippen LogP contribution in [0.5, 0.6) is 0 Å². The maximum atomic E-state index is 12.9. The molecule has 0 spiro atoms. The van der Waals surface area contributed by atoms with Gasteiger partial charge < -0.3 is 9.64 Å². The van der Waals surface area contributed by atoms with E-state index in [0.717, 1.165) is 0 Å². The van der Waals surface area contributed by atoms with Crippen LogP contribution in [0.25, 0.3) is 0 Å². The Morgan fingerprint density at radius 1 is 1.56 bits per heavy atom. The summed E-state index contributed by atoms with van der Waals surface area (Å²) in [6.07, 6.45) is 0. The van der Waals surface area contributed by atoms with Crippen LogP contribution < -0.4 is 0 Å². The molecule has 16 heavy (non-hydrogen) atoms. The highest BCUT2D eigenvalue weighted by Crippen LogP contribution is 2.15. The van der Waals surface area contributed by atoms with Crippen LogP contribution in [0.2, 0.25) is 0 Å². The zero-order valence-corrected chi connectivity index (χ0v) is 10.1. The number of methoxy groups -OCH3 is 1. The molecule has 1 amide bonds. The summed E-state index contributed by atoms with van der Waals surface area (Å²) in [5.74, 6) is -0.605. The van der Waals surface area contributed by atoms with Crippen LogP contribution in [-0.4, -0.2) is 38.1 Å². The number of carbonyl (C=O) groups is 1. The molecule has 1 aromatic rings. The zero-order chi connectivity index (χ0) is 12.1. The molecular weight excluding hydrogens is 229 g/mol. The van der Waals surface area contributed by atoms with Crippen molar-refractivity contribution in [3.05, 3.63) is 29.6 Å². The second-order valence-corrected chi connectivity index (χ2v) is 3.87. The molecule has 0 unspecified atom stereocenters. The van der Waals surface area contributed by atoms with Crippen molar-refractivity contribution in [3.8, 4) is 0 Å². The van der Waals surface area contributed by atoms with E-state index >= 15 is 0 Å². The first-order chi connectivity index (χ1) is 7.56. The number of halogens is 1. The van der Waals surface area contributed by atoms with Gasteiger partial charge in [-0.3, -0.25) is 4.79 Å². The highest BCUT2D eigenvalue weighted by molar-refractivity contribution is 7.80. The molecule has 0 N–H and O–H groups in total. The number of thiol groups is 1. The Balaban J connectivity index is 2.76. The first kappa shape index (κ1) is 13.0. The molecule has 0 aliphatic carbocycles. The van der Waals surface area contributed by atoms with Crippen molar-refractivity contribution in [2.24, 2.45) is 0 Å². The van der Waals surface area contributed by atoms with Crippen molar-refractivity contribution < 1.29 is 13.9 Å². The highest BCUT2D eigenvalue weighted by atomic mass is 32.1. The van der Waals surface area contributed by atoms with Gasteiger partial charge in [-0.15, -0.1) is 12.6 Å². The van der Waals surface area contributed by atoms with Crippen LogP contribution in [0.4, 0.5) is 4.39 Å². The van der Waals surface area contributed by atoms with Gasteiger partial charge in [0.15, 0.2) is 0 Å². The molecule has 3 nitrogen and oxygen atoms in total. The predicted octanol–water partition coefficient (Wildman–Crippen LogP) is 1.83. The van der Waals surface area contributed by atoms with Crippen LogP contribution in [-0.2, 0) is 4.74 Å². The van der Waals surface area contributed by atoms with E-state index in [0.29, 0.717) is 18.7 Å². The van der Waals surface area contributed by atoms with Crippen molar-refractivity contribution in [1.82, 2.24) is 4.90 Å². The molecule has 1 rings (SSSR count). The SMILES string of the molecule is COCCN(C)C(=O)c1ccc(F)c(S)c1. The second kappa shape index (κ2) is 5.86. The lowest BCUT2D eigenvalue weighted by Crippen LogP contribution is -2.29. The van der Waals surface area contributed by atoms with Gasteiger partial charge in [-0.25, -0.2) is 4.39 Å². The molecule has 0 bridgehead atoms. The van der Waals surface area contributed by atoms with E-state index in [2.05, 4.69) is 12.6 Å². The molecule has 0 aliphatic heterocycles. The van der Waals surface area contributed by atoms with Gasteiger partial charge in [-0.05, 0) is 18.2 Å². The minimum atomic E-state index is -0.431. The average molecular weight is 243 g/mol. The molecule has 0 fully saturated rings. The summed E-state index contributed by atoms with van der Waals surface area (Å²) in [6.45, 7) is 0.964. The third-order valence-corrected chi connectivity index (χ3v) is 2.51. The maximum absolute atomic E-state index is 12.9. The zero-order valence-electron chi connectivity index (χ0n) is 9.24. The van der Waals surface area contributed by atoms with E-state index in [9.17, 15) is 9.18 Å². The quantitative estimate of drug-likeness (QED) is 0.818. The van der Waals surface area contributed by atoms with E-state index in [1.807, 2.05) is 0 Å². The predicted molar refractivity (Wildman–Crippen MR) is 62.5 cm³/mol. The number of rotatable bonds is 4. The number of carbonyl (C=O) groups excluding carboxylic acids is 1. The molecule has 0 saturated heterocycles.